The average molecular weight is 269 g/mol. The summed E-state index contributed by atoms with van der Waals surface area (Å²) in [7, 11) is 0. The molecule has 5 heteroatoms. The molecule has 0 aliphatic carbocycles. The van der Waals surface area contributed by atoms with E-state index in [0.717, 1.165) is 32.4 Å². The molecule has 0 aromatic rings. The lowest BCUT2D eigenvalue weighted by molar-refractivity contribution is -0.140. The second-order valence-electron chi connectivity index (χ2n) is 6.13. The van der Waals surface area contributed by atoms with Gasteiger partial charge in [-0.3, -0.25) is 4.79 Å². The maximum Gasteiger partial charge on any atom is 0.236 e. The lowest BCUT2D eigenvalue weighted by Crippen LogP contribution is -2.52. The van der Waals surface area contributed by atoms with Gasteiger partial charge in [0.05, 0.1) is 0 Å². The fraction of sp³-hybridized carbons (Fsp3) is 0.857. The van der Waals surface area contributed by atoms with E-state index in [1.54, 1.807) is 6.92 Å². The van der Waals surface area contributed by atoms with E-state index in [-0.39, 0.29) is 11.7 Å². The van der Waals surface area contributed by atoms with Crippen molar-refractivity contribution in [3.63, 3.8) is 0 Å². The number of nitrogens with zero attached hydrogens (tertiary/aromatic N) is 2. The normalized spacial score (nSPS) is 22.9. The van der Waals surface area contributed by atoms with Gasteiger partial charge in [-0.2, -0.15) is 0 Å². The summed E-state index contributed by atoms with van der Waals surface area (Å²) >= 11 is 0. The highest BCUT2D eigenvalue weighted by molar-refractivity contribution is 6.06. The molecule has 5 nitrogen and oxygen atoms in total. The monoisotopic (exact) mass is 269 g/mol. The highest BCUT2D eigenvalue weighted by Crippen LogP contribution is 2.36. The van der Waals surface area contributed by atoms with Gasteiger partial charge < -0.3 is 15.8 Å². The Morgan fingerprint density at radius 2 is 1.95 bits per heavy atom. The van der Waals surface area contributed by atoms with Crippen LogP contribution in [0.3, 0.4) is 0 Å². The second kappa shape index (κ2) is 5.80. The largest absolute Gasteiger partial charge is 0.409 e. The van der Waals surface area contributed by atoms with Crippen LogP contribution in [-0.2, 0) is 4.79 Å². The maximum atomic E-state index is 12.6. The quantitative estimate of drug-likeness (QED) is 0.355. The van der Waals surface area contributed by atoms with Gasteiger partial charge in [0, 0.05) is 13.1 Å². The average Bonchev–Trinajstić information content (AvgIpc) is 2.45. The van der Waals surface area contributed by atoms with Crippen LogP contribution >= 0.6 is 0 Å². The Balaban J connectivity index is 2.80. The van der Waals surface area contributed by atoms with E-state index in [4.69, 9.17) is 10.9 Å². The smallest absolute Gasteiger partial charge is 0.236 e. The Morgan fingerprint density at radius 1 is 1.42 bits per heavy atom. The number of nitrogens with two attached hydrogens (primary N) is 1. The number of amidine groups is 1. The lowest BCUT2D eigenvalue weighted by atomic mass is 9.77. The standard InChI is InChI=1S/C14H27N3O2/c1-5-13(3)7-9-17(10-8-13)12(18)14(4,6-2)11(15)16-19/h19H,5-10H2,1-4H3,(H2,15,16). The van der Waals surface area contributed by atoms with Gasteiger partial charge in [0.15, 0.2) is 5.84 Å². The van der Waals surface area contributed by atoms with E-state index in [1.807, 2.05) is 11.8 Å². The second-order valence-corrected chi connectivity index (χ2v) is 6.13. The van der Waals surface area contributed by atoms with Crippen molar-refractivity contribution in [1.29, 1.82) is 0 Å². The topological polar surface area (TPSA) is 78.9 Å². The third-order valence-corrected chi connectivity index (χ3v) is 4.96. The molecule has 3 N–H and O–H groups in total. The molecule has 1 atom stereocenters. The molecule has 1 aliphatic rings. The molecule has 0 aromatic heterocycles. The number of carbonyl (C=O) groups excluding carboxylic acids is 1. The van der Waals surface area contributed by atoms with Crippen LogP contribution in [0.25, 0.3) is 0 Å². The van der Waals surface area contributed by atoms with Crippen molar-refractivity contribution in [3.05, 3.63) is 0 Å². The van der Waals surface area contributed by atoms with Crippen molar-refractivity contribution in [1.82, 2.24) is 4.90 Å². The van der Waals surface area contributed by atoms with Crippen LogP contribution in [0.1, 0.15) is 53.4 Å². The molecular weight excluding hydrogens is 242 g/mol. The zero-order chi connectivity index (χ0) is 14.7. The third-order valence-electron chi connectivity index (χ3n) is 4.96. The summed E-state index contributed by atoms with van der Waals surface area (Å²) in [5.74, 6) is -0.0210. The Morgan fingerprint density at radius 3 is 2.32 bits per heavy atom. The van der Waals surface area contributed by atoms with Gasteiger partial charge >= 0.3 is 0 Å². The van der Waals surface area contributed by atoms with Crippen molar-refractivity contribution in [3.8, 4) is 0 Å². The van der Waals surface area contributed by atoms with Gasteiger partial charge in [-0.15, -0.1) is 0 Å². The number of piperidine rings is 1. The van der Waals surface area contributed by atoms with Crippen LogP contribution < -0.4 is 5.73 Å². The van der Waals surface area contributed by atoms with Gasteiger partial charge in [-0.25, -0.2) is 0 Å². The summed E-state index contributed by atoms with van der Waals surface area (Å²) < 4.78 is 0. The maximum absolute atomic E-state index is 12.6. The highest BCUT2D eigenvalue weighted by atomic mass is 16.4. The summed E-state index contributed by atoms with van der Waals surface area (Å²) in [4.78, 5) is 14.5. The molecule has 19 heavy (non-hydrogen) atoms. The van der Waals surface area contributed by atoms with Crippen molar-refractivity contribution < 1.29 is 10.0 Å². The highest BCUT2D eigenvalue weighted by Gasteiger charge is 2.41. The van der Waals surface area contributed by atoms with Crippen molar-refractivity contribution in [2.75, 3.05) is 13.1 Å². The van der Waals surface area contributed by atoms with Crippen molar-refractivity contribution in [2.45, 2.75) is 53.4 Å². The minimum atomic E-state index is -0.894. The molecule has 1 unspecified atom stereocenters. The lowest BCUT2D eigenvalue weighted by Gasteiger charge is -2.41. The number of amides is 1. The van der Waals surface area contributed by atoms with Crippen molar-refractivity contribution in [2.24, 2.45) is 21.7 Å². The zero-order valence-corrected chi connectivity index (χ0v) is 12.6. The summed E-state index contributed by atoms with van der Waals surface area (Å²) in [5.41, 5.74) is 5.15. The number of rotatable bonds is 4. The Kier molecular flexibility index (Phi) is 4.82. The predicted octanol–water partition coefficient (Wildman–Crippen LogP) is 2.19. The van der Waals surface area contributed by atoms with Gasteiger partial charge in [-0.1, -0.05) is 32.3 Å². The first-order valence-electron chi connectivity index (χ1n) is 7.10. The first-order chi connectivity index (χ1) is 8.83. The van der Waals surface area contributed by atoms with Gasteiger partial charge in [0.1, 0.15) is 5.41 Å². The van der Waals surface area contributed by atoms with E-state index in [9.17, 15) is 4.79 Å². The van der Waals surface area contributed by atoms with E-state index >= 15 is 0 Å². The number of hydrogen-bond donors (Lipinski definition) is 2. The van der Waals surface area contributed by atoms with Crippen LogP contribution in [0.4, 0.5) is 0 Å². The molecule has 1 saturated heterocycles. The fourth-order valence-corrected chi connectivity index (χ4v) is 2.50. The van der Waals surface area contributed by atoms with Gasteiger partial charge in [0.2, 0.25) is 5.91 Å². The summed E-state index contributed by atoms with van der Waals surface area (Å²) in [6, 6.07) is 0. The van der Waals surface area contributed by atoms with E-state index < -0.39 is 5.41 Å². The number of likely N-dealkylation sites (tertiary alicyclic amines) is 1. The Labute approximate surface area is 115 Å². The van der Waals surface area contributed by atoms with Gasteiger partial charge in [-0.05, 0) is 31.6 Å². The SMILES string of the molecule is CCC1(C)CCN(C(=O)C(C)(CC)C(N)=NO)CC1. The first kappa shape index (κ1) is 15.8. The van der Waals surface area contributed by atoms with Crippen LogP contribution in [0.2, 0.25) is 0 Å². The summed E-state index contributed by atoms with van der Waals surface area (Å²) in [5, 5.41) is 11.9. The molecule has 1 rings (SSSR count). The molecule has 110 valence electrons. The number of oxime groups is 1. The van der Waals surface area contributed by atoms with Gasteiger partial charge in [0.25, 0.3) is 0 Å². The fourth-order valence-electron chi connectivity index (χ4n) is 2.50. The van der Waals surface area contributed by atoms with Crippen LogP contribution in [0.15, 0.2) is 5.16 Å². The summed E-state index contributed by atoms with van der Waals surface area (Å²) in [6.45, 7) is 9.63. The number of hydrogen-bond acceptors (Lipinski definition) is 3. The molecule has 0 bridgehead atoms. The minimum Gasteiger partial charge on any atom is -0.409 e. The predicted molar refractivity (Wildman–Crippen MR) is 76.0 cm³/mol. The third kappa shape index (κ3) is 3.01. The molecule has 0 radical (unpaired) electrons. The van der Waals surface area contributed by atoms with Crippen molar-refractivity contribution >= 4 is 11.7 Å². The molecule has 1 aliphatic heterocycles. The molecule has 1 fully saturated rings. The molecule has 1 amide bonds. The molecule has 1 heterocycles. The molecule has 0 saturated carbocycles. The Hall–Kier alpha value is -1.26. The van der Waals surface area contributed by atoms with Crippen LogP contribution in [-0.4, -0.2) is 34.9 Å². The van der Waals surface area contributed by atoms with E-state index in [1.165, 1.54) is 0 Å². The summed E-state index contributed by atoms with van der Waals surface area (Å²) in [6.07, 6.45) is 3.71. The number of carbonyl (C=O) groups is 1. The zero-order valence-electron chi connectivity index (χ0n) is 12.6. The molecule has 0 spiro atoms. The van der Waals surface area contributed by atoms with Crippen LogP contribution in [0.5, 0.6) is 0 Å². The first-order valence-corrected chi connectivity index (χ1v) is 7.10. The Bertz CT molecular complexity index is 360. The van der Waals surface area contributed by atoms with Crippen LogP contribution in [0, 0.1) is 10.8 Å². The van der Waals surface area contributed by atoms with E-state index in [0.29, 0.717) is 11.8 Å². The van der Waals surface area contributed by atoms with E-state index in [2.05, 4.69) is 19.0 Å². The minimum absolute atomic E-state index is 0.00354. The molecule has 0 aromatic carbocycles. The molecular formula is C14H27N3O2.